The van der Waals surface area contributed by atoms with E-state index in [4.69, 9.17) is 4.74 Å². The Morgan fingerprint density at radius 2 is 1.79 bits per heavy atom. The first-order chi connectivity index (χ1) is 11.0. The molecule has 0 bridgehead atoms. The van der Waals surface area contributed by atoms with Crippen LogP contribution < -0.4 is 10.1 Å². The van der Waals surface area contributed by atoms with Gasteiger partial charge in [0, 0.05) is 24.6 Å². The highest BCUT2D eigenvalue weighted by Crippen LogP contribution is 2.18. The molecule has 1 aromatic rings. The highest BCUT2D eigenvalue weighted by atomic mass is 32.2. The standard InChI is InChI=1S/C16H23N3O4S/c1-11-5-7-14(8-6-11)24(21,22)19-18-13-9-12(10-13)17-15(20)23-16(2,3)4/h5-8,12,19H,9-10H2,1-4H3,(H,17,20). The van der Waals surface area contributed by atoms with Crippen molar-refractivity contribution in [3.05, 3.63) is 29.8 Å². The lowest BCUT2D eigenvalue weighted by Crippen LogP contribution is -2.47. The van der Waals surface area contributed by atoms with Crippen LogP contribution in [0.3, 0.4) is 0 Å². The van der Waals surface area contributed by atoms with E-state index in [1.807, 2.05) is 6.92 Å². The van der Waals surface area contributed by atoms with E-state index in [0.717, 1.165) is 5.56 Å². The van der Waals surface area contributed by atoms with E-state index in [0.29, 0.717) is 18.6 Å². The molecule has 24 heavy (non-hydrogen) atoms. The normalized spacial score (nSPS) is 17.7. The van der Waals surface area contributed by atoms with Gasteiger partial charge in [-0.05, 0) is 39.8 Å². The average Bonchev–Trinajstić information content (AvgIpc) is 2.39. The zero-order chi connectivity index (χ0) is 18.0. The van der Waals surface area contributed by atoms with Gasteiger partial charge in [0.25, 0.3) is 10.0 Å². The number of alkyl carbamates (subject to hydrolysis) is 1. The van der Waals surface area contributed by atoms with Crippen molar-refractivity contribution in [2.75, 3.05) is 0 Å². The van der Waals surface area contributed by atoms with Crippen LogP contribution in [-0.4, -0.2) is 31.9 Å². The number of ether oxygens (including phenoxy) is 1. The van der Waals surface area contributed by atoms with Crippen molar-refractivity contribution in [1.82, 2.24) is 10.1 Å². The average molecular weight is 353 g/mol. The second-order valence-corrected chi connectivity index (χ2v) is 8.50. The number of nitrogens with one attached hydrogen (secondary N) is 2. The lowest BCUT2D eigenvalue weighted by atomic mass is 9.91. The Bertz CT molecular complexity index is 726. The number of carbonyl (C=O) groups excluding carboxylic acids is 1. The summed E-state index contributed by atoms with van der Waals surface area (Å²) < 4.78 is 29.4. The van der Waals surface area contributed by atoms with Crippen LogP contribution >= 0.6 is 0 Å². The van der Waals surface area contributed by atoms with E-state index < -0.39 is 21.7 Å². The van der Waals surface area contributed by atoms with Gasteiger partial charge in [-0.15, -0.1) is 0 Å². The molecule has 1 aliphatic rings. The molecule has 1 fully saturated rings. The van der Waals surface area contributed by atoms with Crippen molar-refractivity contribution in [3.63, 3.8) is 0 Å². The minimum atomic E-state index is -3.66. The lowest BCUT2D eigenvalue weighted by Gasteiger charge is -2.29. The molecule has 132 valence electrons. The highest BCUT2D eigenvalue weighted by molar-refractivity contribution is 7.89. The van der Waals surface area contributed by atoms with Gasteiger partial charge >= 0.3 is 6.09 Å². The van der Waals surface area contributed by atoms with Crippen LogP contribution in [0.25, 0.3) is 0 Å². The minimum absolute atomic E-state index is 0.0810. The molecule has 0 saturated heterocycles. The number of hydrogen-bond donors (Lipinski definition) is 2. The second-order valence-electron chi connectivity index (χ2n) is 6.84. The maximum Gasteiger partial charge on any atom is 0.407 e. The Labute approximate surface area is 142 Å². The predicted octanol–water partition coefficient (Wildman–Crippen LogP) is 2.32. The SMILES string of the molecule is Cc1ccc(S(=O)(=O)NN=C2CC(NC(=O)OC(C)(C)C)C2)cc1. The first-order valence-corrected chi connectivity index (χ1v) is 9.17. The summed E-state index contributed by atoms with van der Waals surface area (Å²) in [5.74, 6) is 0. The molecular weight excluding hydrogens is 330 g/mol. The molecule has 0 atom stereocenters. The van der Waals surface area contributed by atoms with Crippen LogP contribution in [0.2, 0.25) is 0 Å². The second kappa shape index (κ2) is 6.80. The predicted molar refractivity (Wildman–Crippen MR) is 91.3 cm³/mol. The van der Waals surface area contributed by atoms with E-state index in [-0.39, 0.29) is 10.9 Å². The maximum absolute atomic E-state index is 12.1. The molecule has 1 saturated carbocycles. The molecule has 0 spiro atoms. The smallest absolute Gasteiger partial charge is 0.407 e. The molecule has 1 aliphatic carbocycles. The van der Waals surface area contributed by atoms with Gasteiger partial charge in [-0.1, -0.05) is 17.7 Å². The fourth-order valence-electron chi connectivity index (χ4n) is 2.07. The topological polar surface area (TPSA) is 96.9 Å². The van der Waals surface area contributed by atoms with Gasteiger partial charge in [0.2, 0.25) is 0 Å². The van der Waals surface area contributed by atoms with Crippen LogP contribution in [0.1, 0.15) is 39.2 Å². The summed E-state index contributed by atoms with van der Waals surface area (Å²) in [6.07, 6.45) is 0.512. The van der Waals surface area contributed by atoms with Crippen LogP contribution in [0.5, 0.6) is 0 Å². The summed E-state index contributed by atoms with van der Waals surface area (Å²) >= 11 is 0. The lowest BCUT2D eigenvalue weighted by molar-refractivity contribution is 0.0501. The monoisotopic (exact) mass is 353 g/mol. The zero-order valence-corrected chi connectivity index (χ0v) is 15.1. The molecule has 8 heteroatoms. The number of benzene rings is 1. The maximum atomic E-state index is 12.1. The third-order valence-corrected chi connectivity index (χ3v) is 4.56. The molecule has 7 nitrogen and oxygen atoms in total. The quantitative estimate of drug-likeness (QED) is 0.812. The van der Waals surface area contributed by atoms with Gasteiger partial charge in [0.05, 0.1) is 4.90 Å². The van der Waals surface area contributed by atoms with Crippen LogP contribution in [0.4, 0.5) is 4.79 Å². The minimum Gasteiger partial charge on any atom is -0.444 e. The van der Waals surface area contributed by atoms with E-state index in [1.165, 1.54) is 12.1 Å². The van der Waals surface area contributed by atoms with E-state index >= 15 is 0 Å². The van der Waals surface area contributed by atoms with E-state index in [9.17, 15) is 13.2 Å². The van der Waals surface area contributed by atoms with Crippen LogP contribution in [-0.2, 0) is 14.8 Å². The first-order valence-electron chi connectivity index (χ1n) is 7.68. The molecular formula is C16H23N3O4S. The van der Waals surface area contributed by atoms with Crippen LogP contribution in [0, 0.1) is 6.92 Å². The summed E-state index contributed by atoms with van der Waals surface area (Å²) in [5.41, 5.74) is 1.12. The Morgan fingerprint density at radius 1 is 1.21 bits per heavy atom. The van der Waals surface area contributed by atoms with Crippen molar-refractivity contribution >= 4 is 21.8 Å². The Hall–Kier alpha value is -2.09. The van der Waals surface area contributed by atoms with Crippen molar-refractivity contribution in [1.29, 1.82) is 0 Å². The molecule has 0 heterocycles. The molecule has 0 unspecified atom stereocenters. The Kier molecular flexibility index (Phi) is 5.17. The van der Waals surface area contributed by atoms with Gasteiger partial charge in [0.1, 0.15) is 5.60 Å². The Balaban J connectivity index is 1.83. The summed E-state index contributed by atoms with van der Waals surface area (Å²) in [6, 6.07) is 6.44. The number of aryl methyl sites for hydroxylation is 1. The molecule has 0 aromatic heterocycles. The Morgan fingerprint density at radius 3 is 2.33 bits per heavy atom. The summed E-state index contributed by atoms with van der Waals surface area (Å²) in [7, 11) is -3.66. The van der Waals surface area contributed by atoms with E-state index in [1.54, 1.807) is 32.9 Å². The number of hydrogen-bond acceptors (Lipinski definition) is 5. The molecule has 1 amide bonds. The number of sulfonamides is 1. The van der Waals surface area contributed by atoms with Gasteiger partial charge in [-0.25, -0.2) is 9.63 Å². The van der Waals surface area contributed by atoms with Crippen molar-refractivity contribution in [2.24, 2.45) is 5.10 Å². The zero-order valence-electron chi connectivity index (χ0n) is 14.3. The molecule has 0 aliphatic heterocycles. The third kappa shape index (κ3) is 5.23. The molecule has 0 radical (unpaired) electrons. The van der Waals surface area contributed by atoms with Gasteiger partial charge in [-0.2, -0.15) is 13.5 Å². The number of hydrazone groups is 1. The van der Waals surface area contributed by atoms with E-state index in [2.05, 4.69) is 15.2 Å². The summed E-state index contributed by atoms with van der Waals surface area (Å²) in [5, 5.41) is 6.64. The highest BCUT2D eigenvalue weighted by Gasteiger charge is 2.29. The number of amides is 1. The third-order valence-electron chi connectivity index (χ3n) is 3.34. The molecule has 1 aromatic carbocycles. The fraction of sp³-hybridized carbons (Fsp3) is 0.500. The van der Waals surface area contributed by atoms with Crippen molar-refractivity contribution in [3.8, 4) is 0 Å². The van der Waals surface area contributed by atoms with Crippen molar-refractivity contribution in [2.45, 2.75) is 57.1 Å². The van der Waals surface area contributed by atoms with Crippen molar-refractivity contribution < 1.29 is 17.9 Å². The largest absolute Gasteiger partial charge is 0.444 e. The molecule has 2 N–H and O–H groups in total. The summed E-state index contributed by atoms with van der Waals surface area (Å²) in [6.45, 7) is 7.26. The number of carbonyl (C=O) groups is 1. The number of rotatable bonds is 4. The number of nitrogens with zero attached hydrogens (tertiary/aromatic N) is 1. The summed E-state index contributed by atoms with van der Waals surface area (Å²) in [4.78, 5) is 14.0. The van der Waals surface area contributed by atoms with Crippen LogP contribution in [0.15, 0.2) is 34.3 Å². The van der Waals surface area contributed by atoms with Gasteiger partial charge < -0.3 is 10.1 Å². The molecule has 2 rings (SSSR count). The van der Waals surface area contributed by atoms with Gasteiger partial charge in [-0.3, -0.25) is 0 Å². The fourth-order valence-corrected chi connectivity index (χ4v) is 2.92. The van der Waals surface area contributed by atoms with Gasteiger partial charge in [0.15, 0.2) is 0 Å². The first kappa shape index (κ1) is 18.3.